The van der Waals surface area contributed by atoms with Crippen LogP contribution < -0.4 is 5.32 Å². The number of nitriles is 1. The van der Waals surface area contributed by atoms with Crippen molar-refractivity contribution in [2.45, 2.75) is 39.7 Å². The van der Waals surface area contributed by atoms with Crippen LogP contribution >= 0.6 is 0 Å². The molecule has 0 heterocycles. The van der Waals surface area contributed by atoms with E-state index < -0.39 is 11.8 Å². The molecular weight excluding hydrogens is 271 g/mol. The maximum Gasteiger partial charge on any atom is 0.303 e. The molecule has 1 aromatic carbocycles. The Morgan fingerprint density at radius 1 is 1.38 bits per heavy atom. The van der Waals surface area contributed by atoms with Crippen molar-refractivity contribution >= 4 is 5.97 Å². The summed E-state index contributed by atoms with van der Waals surface area (Å²) < 4.78 is 13.3. The Kier molecular flexibility index (Phi) is 6.32. The first-order valence-corrected chi connectivity index (χ1v) is 6.94. The fraction of sp³-hybridized carbons (Fsp3) is 0.500. The minimum atomic E-state index is -0.778. The number of nitrogens with zero attached hydrogens (tertiary/aromatic N) is 1. The van der Waals surface area contributed by atoms with Crippen molar-refractivity contribution in [3.8, 4) is 6.07 Å². The number of carboxylic acids is 1. The molecule has 0 saturated carbocycles. The maximum absolute atomic E-state index is 13.3. The lowest BCUT2D eigenvalue weighted by Crippen LogP contribution is -2.23. The Morgan fingerprint density at radius 3 is 2.71 bits per heavy atom. The lowest BCUT2D eigenvalue weighted by molar-refractivity contribution is -0.137. The van der Waals surface area contributed by atoms with Gasteiger partial charge in [0.05, 0.1) is 11.6 Å². The highest BCUT2D eigenvalue weighted by atomic mass is 19.1. The summed E-state index contributed by atoms with van der Waals surface area (Å²) in [7, 11) is 0. The Labute approximate surface area is 124 Å². The molecule has 0 radical (unpaired) electrons. The first-order chi connectivity index (χ1) is 9.82. The van der Waals surface area contributed by atoms with Crippen LogP contribution in [0.1, 0.15) is 44.2 Å². The molecule has 0 saturated heterocycles. The van der Waals surface area contributed by atoms with Crippen LogP contribution in [0.2, 0.25) is 0 Å². The highest BCUT2D eigenvalue weighted by molar-refractivity contribution is 5.66. The molecule has 114 valence electrons. The van der Waals surface area contributed by atoms with Crippen molar-refractivity contribution in [2.75, 3.05) is 6.54 Å². The van der Waals surface area contributed by atoms with Gasteiger partial charge in [0.1, 0.15) is 5.82 Å². The summed E-state index contributed by atoms with van der Waals surface area (Å²) in [4.78, 5) is 10.6. The van der Waals surface area contributed by atoms with Gasteiger partial charge in [0, 0.05) is 13.0 Å². The van der Waals surface area contributed by atoms with Crippen LogP contribution in [0.25, 0.3) is 0 Å². The average Bonchev–Trinajstić information content (AvgIpc) is 2.41. The zero-order valence-corrected chi connectivity index (χ0v) is 12.4. The number of halogens is 1. The van der Waals surface area contributed by atoms with Crippen LogP contribution in [-0.2, 0) is 11.3 Å². The van der Waals surface area contributed by atoms with Crippen LogP contribution in [0.15, 0.2) is 18.2 Å². The number of aliphatic carboxylic acids is 1. The predicted molar refractivity (Wildman–Crippen MR) is 78.1 cm³/mol. The standard InChI is InChI=1S/C16H21FN2O2/c1-16(2,4-3-15(20)21)5-6-19-11-13-7-12(10-18)8-14(17)9-13/h7-9,19H,3-6,11H2,1-2H3,(H,20,21). The van der Waals surface area contributed by atoms with Crippen LogP contribution in [0, 0.1) is 22.6 Å². The SMILES string of the molecule is CC(C)(CCNCc1cc(F)cc(C#N)c1)CCC(=O)O. The number of nitrogens with one attached hydrogen (secondary N) is 1. The fourth-order valence-corrected chi connectivity index (χ4v) is 2.05. The molecule has 21 heavy (non-hydrogen) atoms. The third-order valence-electron chi connectivity index (χ3n) is 3.41. The van der Waals surface area contributed by atoms with Crippen molar-refractivity contribution in [1.29, 1.82) is 5.26 Å². The molecule has 1 rings (SSSR count). The van der Waals surface area contributed by atoms with Crippen molar-refractivity contribution in [1.82, 2.24) is 5.32 Å². The van der Waals surface area contributed by atoms with E-state index in [0.717, 1.165) is 12.0 Å². The van der Waals surface area contributed by atoms with E-state index in [2.05, 4.69) is 5.32 Å². The van der Waals surface area contributed by atoms with Gasteiger partial charge in [-0.3, -0.25) is 4.79 Å². The molecule has 0 aliphatic heterocycles. The molecule has 0 atom stereocenters. The summed E-state index contributed by atoms with van der Waals surface area (Å²) in [6.45, 7) is 5.27. The van der Waals surface area contributed by atoms with Gasteiger partial charge in [0.2, 0.25) is 0 Å². The van der Waals surface area contributed by atoms with E-state index in [1.807, 2.05) is 19.9 Å². The van der Waals surface area contributed by atoms with Crippen molar-refractivity contribution in [2.24, 2.45) is 5.41 Å². The van der Waals surface area contributed by atoms with E-state index in [0.29, 0.717) is 25.1 Å². The first kappa shape index (κ1) is 17.1. The van der Waals surface area contributed by atoms with Crippen LogP contribution in [0.4, 0.5) is 4.39 Å². The molecule has 0 amide bonds. The maximum atomic E-state index is 13.3. The smallest absolute Gasteiger partial charge is 0.303 e. The molecule has 2 N–H and O–H groups in total. The molecule has 0 aliphatic carbocycles. The largest absolute Gasteiger partial charge is 0.481 e. The lowest BCUT2D eigenvalue weighted by atomic mass is 9.84. The summed E-state index contributed by atoms with van der Waals surface area (Å²) >= 11 is 0. The van der Waals surface area contributed by atoms with Gasteiger partial charge in [-0.15, -0.1) is 0 Å². The van der Waals surface area contributed by atoms with Crippen LogP contribution in [-0.4, -0.2) is 17.6 Å². The summed E-state index contributed by atoms with van der Waals surface area (Å²) in [5.74, 6) is -1.19. The van der Waals surface area contributed by atoms with E-state index in [-0.39, 0.29) is 11.8 Å². The Bertz CT molecular complexity index is 536. The molecule has 4 nitrogen and oxygen atoms in total. The average molecular weight is 292 g/mol. The van der Waals surface area contributed by atoms with Gasteiger partial charge in [-0.05, 0) is 48.6 Å². The summed E-state index contributed by atoms with van der Waals surface area (Å²) in [5, 5.41) is 20.7. The van der Waals surface area contributed by atoms with E-state index in [1.54, 1.807) is 6.07 Å². The zero-order chi connectivity index (χ0) is 15.9. The number of carbonyl (C=O) groups is 1. The number of rotatable bonds is 8. The minimum absolute atomic E-state index is 0.0505. The fourth-order valence-electron chi connectivity index (χ4n) is 2.05. The lowest BCUT2D eigenvalue weighted by Gasteiger charge is -2.23. The molecule has 0 aromatic heterocycles. The Morgan fingerprint density at radius 2 is 2.10 bits per heavy atom. The third-order valence-corrected chi connectivity index (χ3v) is 3.41. The summed E-state index contributed by atoms with van der Waals surface area (Å²) in [6, 6.07) is 6.20. The van der Waals surface area contributed by atoms with Crippen molar-refractivity contribution in [3.63, 3.8) is 0 Å². The monoisotopic (exact) mass is 292 g/mol. The number of carboxylic acid groups (broad SMARTS) is 1. The second kappa shape index (κ2) is 7.75. The van der Waals surface area contributed by atoms with Gasteiger partial charge in [-0.25, -0.2) is 4.39 Å². The second-order valence-electron chi connectivity index (χ2n) is 5.94. The summed E-state index contributed by atoms with van der Waals surface area (Å²) in [5.41, 5.74) is 0.994. The minimum Gasteiger partial charge on any atom is -0.481 e. The topological polar surface area (TPSA) is 73.1 Å². The number of hydrogen-bond acceptors (Lipinski definition) is 3. The van der Waals surface area contributed by atoms with E-state index >= 15 is 0 Å². The van der Waals surface area contributed by atoms with E-state index in [9.17, 15) is 9.18 Å². The normalized spacial score (nSPS) is 11.1. The molecule has 0 spiro atoms. The van der Waals surface area contributed by atoms with Crippen molar-refractivity contribution < 1.29 is 14.3 Å². The van der Waals surface area contributed by atoms with Gasteiger partial charge in [0.15, 0.2) is 0 Å². The first-order valence-electron chi connectivity index (χ1n) is 6.94. The second-order valence-corrected chi connectivity index (χ2v) is 5.94. The molecule has 1 aromatic rings. The van der Waals surface area contributed by atoms with E-state index in [1.165, 1.54) is 12.1 Å². The number of hydrogen-bond donors (Lipinski definition) is 2. The summed E-state index contributed by atoms with van der Waals surface area (Å²) in [6.07, 6.45) is 1.63. The molecule has 0 fully saturated rings. The Balaban J connectivity index is 2.39. The van der Waals surface area contributed by atoms with Gasteiger partial charge >= 0.3 is 5.97 Å². The van der Waals surface area contributed by atoms with Gasteiger partial charge in [-0.2, -0.15) is 5.26 Å². The third kappa shape index (κ3) is 6.87. The van der Waals surface area contributed by atoms with Gasteiger partial charge in [-0.1, -0.05) is 13.8 Å². The molecule has 0 unspecified atom stereocenters. The predicted octanol–water partition coefficient (Wildman–Crippen LogP) is 3.07. The van der Waals surface area contributed by atoms with Crippen molar-refractivity contribution in [3.05, 3.63) is 35.1 Å². The molecule has 5 heteroatoms. The number of benzene rings is 1. The zero-order valence-electron chi connectivity index (χ0n) is 12.4. The van der Waals surface area contributed by atoms with E-state index in [4.69, 9.17) is 10.4 Å². The Hall–Kier alpha value is -1.93. The molecule has 0 bridgehead atoms. The van der Waals surface area contributed by atoms with Crippen LogP contribution in [0.3, 0.4) is 0 Å². The molecule has 0 aliphatic rings. The van der Waals surface area contributed by atoms with Gasteiger partial charge < -0.3 is 10.4 Å². The quantitative estimate of drug-likeness (QED) is 0.722. The van der Waals surface area contributed by atoms with Crippen LogP contribution in [0.5, 0.6) is 0 Å². The van der Waals surface area contributed by atoms with Gasteiger partial charge in [0.25, 0.3) is 0 Å². The molecular formula is C16H21FN2O2. The highest BCUT2D eigenvalue weighted by Gasteiger charge is 2.18. The highest BCUT2D eigenvalue weighted by Crippen LogP contribution is 2.26.